The van der Waals surface area contributed by atoms with E-state index in [2.05, 4.69) is 31.1 Å². The third-order valence-electron chi connectivity index (χ3n) is 4.51. The molecule has 11 heteroatoms. The van der Waals surface area contributed by atoms with Crippen LogP contribution in [0.2, 0.25) is 0 Å². The summed E-state index contributed by atoms with van der Waals surface area (Å²) in [5, 5.41) is 13.7. The average Bonchev–Trinajstić information content (AvgIpc) is 3.28. The van der Waals surface area contributed by atoms with Gasteiger partial charge in [0, 0.05) is 6.54 Å². The molecule has 2 aromatic rings. The normalized spacial score (nSPS) is 17.8. The van der Waals surface area contributed by atoms with E-state index in [1.807, 2.05) is 18.2 Å². The molecule has 1 fully saturated rings. The van der Waals surface area contributed by atoms with E-state index in [-0.39, 0.29) is 12.4 Å². The first kappa shape index (κ1) is 21.0. The zero-order valence-corrected chi connectivity index (χ0v) is 16.1. The Morgan fingerprint density at radius 2 is 2.00 bits per heavy atom. The molecule has 0 spiro atoms. The molecule has 3 amide bonds. The monoisotopic (exact) mass is 414 g/mol. The molecule has 11 nitrogen and oxygen atoms in total. The molecule has 3 rings (SSSR count). The lowest BCUT2D eigenvalue weighted by Crippen LogP contribution is -2.52. The van der Waals surface area contributed by atoms with Crippen molar-refractivity contribution in [2.45, 2.75) is 38.0 Å². The molecule has 2 heterocycles. The van der Waals surface area contributed by atoms with Gasteiger partial charge in [-0.2, -0.15) is 5.10 Å². The first-order valence-electron chi connectivity index (χ1n) is 9.49. The third-order valence-corrected chi connectivity index (χ3v) is 4.51. The number of ketones is 1. The number of Topliss-reactive ketones (excluding diaryl/α,β-unsaturated/α-hetero) is 1. The average molecular weight is 414 g/mol. The Morgan fingerprint density at radius 3 is 2.73 bits per heavy atom. The lowest BCUT2D eigenvalue weighted by molar-refractivity contribution is -0.140. The Labute approximate surface area is 172 Å². The quantitative estimate of drug-likeness (QED) is 0.490. The maximum absolute atomic E-state index is 12.8. The van der Waals surface area contributed by atoms with Crippen molar-refractivity contribution in [2.75, 3.05) is 6.54 Å². The highest BCUT2D eigenvalue weighted by atomic mass is 16.5. The van der Waals surface area contributed by atoms with Crippen LogP contribution in [0.3, 0.4) is 0 Å². The molecule has 1 aliphatic rings. The van der Waals surface area contributed by atoms with Gasteiger partial charge in [-0.25, -0.2) is 9.78 Å². The highest BCUT2D eigenvalue weighted by Crippen LogP contribution is 2.11. The second-order valence-corrected chi connectivity index (χ2v) is 6.69. The van der Waals surface area contributed by atoms with E-state index in [9.17, 15) is 19.2 Å². The smallest absolute Gasteiger partial charge is 0.408 e. The van der Waals surface area contributed by atoms with Gasteiger partial charge >= 0.3 is 6.09 Å². The van der Waals surface area contributed by atoms with E-state index < -0.39 is 35.8 Å². The first-order chi connectivity index (χ1) is 14.5. The summed E-state index contributed by atoms with van der Waals surface area (Å²) < 4.78 is 5.15. The summed E-state index contributed by atoms with van der Waals surface area (Å²) in [7, 11) is 0. The number of amides is 3. The maximum Gasteiger partial charge on any atom is 0.408 e. The standard InChI is InChI=1S/C19H22N6O5/c26-15-13(8-4-5-9-20-18(15)28)23-17(27)14(16-21-11-22-25-16)24-19(29)30-10-12-6-2-1-3-7-12/h1-3,6-7,11,13-14H,4-5,8-10H2,(H,20,28)(H,23,27)(H,24,29)(H,21,22,25). The van der Waals surface area contributed by atoms with Gasteiger partial charge in [0.25, 0.3) is 11.8 Å². The lowest BCUT2D eigenvalue weighted by atomic mass is 10.0. The number of nitrogens with one attached hydrogen (secondary N) is 4. The summed E-state index contributed by atoms with van der Waals surface area (Å²) in [4.78, 5) is 53.0. The number of aromatic nitrogens is 3. The molecule has 1 aromatic carbocycles. The largest absolute Gasteiger partial charge is 0.445 e. The van der Waals surface area contributed by atoms with E-state index in [1.165, 1.54) is 6.33 Å². The number of carbonyl (C=O) groups is 4. The van der Waals surface area contributed by atoms with Gasteiger partial charge in [0.05, 0.1) is 6.04 Å². The van der Waals surface area contributed by atoms with Crippen molar-refractivity contribution < 1.29 is 23.9 Å². The molecule has 0 aliphatic carbocycles. The van der Waals surface area contributed by atoms with Gasteiger partial charge in [-0.05, 0) is 24.8 Å². The minimum Gasteiger partial charge on any atom is -0.445 e. The second-order valence-electron chi connectivity index (χ2n) is 6.69. The fourth-order valence-electron chi connectivity index (χ4n) is 2.94. The van der Waals surface area contributed by atoms with Crippen LogP contribution in [0.1, 0.15) is 36.7 Å². The Morgan fingerprint density at radius 1 is 1.20 bits per heavy atom. The molecule has 30 heavy (non-hydrogen) atoms. The van der Waals surface area contributed by atoms with Gasteiger partial charge in [-0.15, -0.1) is 0 Å². The van der Waals surface area contributed by atoms with Crippen LogP contribution >= 0.6 is 0 Å². The third kappa shape index (κ3) is 5.63. The summed E-state index contributed by atoms with van der Waals surface area (Å²) in [6.45, 7) is 0.430. The number of carbonyl (C=O) groups excluding carboxylic acids is 4. The minimum atomic E-state index is -1.28. The number of nitrogens with zero attached hydrogens (tertiary/aromatic N) is 2. The number of hydrogen-bond acceptors (Lipinski definition) is 7. The Bertz CT molecular complexity index is 886. The molecule has 4 N–H and O–H groups in total. The van der Waals surface area contributed by atoms with E-state index in [0.717, 1.165) is 5.56 Å². The Kier molecular flexibility index (Phi) is 7.09. The van der Waals surface area contributed by atoms with Crippen LogP contribution < -0.4 is 16.0 Å². The molecule has 1 saturated heterocycles. The second kappa shape index (κ2) is 10.1. The van der Waals surface area contributed by atoms with Crippen molar-refractivity contribution >= 4 is 23.7 Å². The predicted octanol–water partition coefficient (Wildman–Crippen LogP) is 0.126. The molecular weight excluding hydrogens is 392 g/mol. The summed E-state index contributed by atoms with van der Waals surface area (Å²) in [6.07, 6.45) is 2.00. The van der Waals surface area contributed by atoms with Gasteiger partial charge in [0.15, 0.2) is 11.9 Å². The summed E-state index contributed by atoms with van der Waals surface area (Å²) in [6, 6.07) is 6.76. The van der Waals surface area contributed by atoms with Gasteiger partial charge < -0.3 is 20.7 Å². The number of H-pyrrole nitrogens is 1. The number of hydrogen-bond donors (Lipinski definition) is 4. The Hall–Kier alpha value is -3.76. The zero-order chi connectivity index (χ0) is 21.3. The molecule has 2 unspecified atom stereocenters. The predicted molar refractivity (Wildman–Crippen MR) is 103 cm³/mol. The number of ether oxygens (including phenoxy) is 1. The van der Waals surface area contributed by atoms with Crippen LogP contribution in [0, 0.1) is 0 Å². The van der Waals surface area contributed by atoms with E-state index in [4.69, 9.17) is 4.74 Å². The van der Waals surface area contributed by atoms with Crippen LogP contribution in [0.25, 0.3) is 0 Å². The highest BCUT2D eigenvalue weighted by molar-refractivity contribution is 6.38. The number of rotatable bonds is 6. The molecule has 1 aliphatic heterocycles. The minimum absolute atomic E-state index is 0.0126. The SMILES string of the molecule is O=C(NC(C(=O)NC1CCCCNC(=O)C1=O)c1ncn[nH]1)OCc1ccccc1. The first-order valence-corrected chi connectivity index (χ1v) is 9.49. The van der Waals surface area contributed by atoms with Crippen molar-refractivity contribution in [1.29, 1.82) is 0 Å². The van der Waals surface area contributed by atoms with Crippen LogP contribution in [-0.2, 0) is 25.7 Å². The Balaban J connectivity index is 1.65. The van der Waals surface area contributed by atoms with Crippen LogP contribution in [0.4, 0.5) is 4.79 Å². The maximum atomic E-state index is 12.8. The lowest BCUT2D eigenvalue weighted by Gasteiger charge is -2.22. The summed E-state index contributed by atoms with van der Waals surface area (Å²) in [5.41, 5.74) is 0.777. The molecule has 0 saturated carbocycles. The van der Waals surface area contributed by atoms with E-state index in [0.29, 0.717) is 25.8 Å². The van der Waals surface area contributed by atoms with E-state index >= 15 is 0 Å². The fraction of sp³-hybridized carbons (Fsp3) is 0.368. The van der Waals surface area contributed by atoms with Crippen molar-refractivity contribution in [3.63, 3.8) is 0 Å². The molecule has 1 aromatic heterocycles. The number of benzene rings is 1. The molecular formula is C19H22N6O5. The van der Waals surface area contributed by atoms with Crippen molar-refractivity contribution in [1.82, 2.24) is 31.1 Å². The highest BCUT2D eigenvalue weighted by Gasteiger charge is 2.32. The van der Waals surface area contributed by atoms with Gasteiger partial charge in [0.1, 0.15) is 12.9 Å². The molecule has 0 bridgehead atoms. The number of alkyl carbamates (subject to hydrolysis) is 1. The van der Waals surface area contributed by atoms with Crippen LogP contribution in [-0.4, -0.2) is 51.5 Å². The fourth-order valence-corrected chi connectivity index (χ4v) is 2.94. The van der Waals surface area contributed by atoms with Crippen molar-refractivity contribution in [3.8, 4) is 0 Å². The molecule has 158 valence electrons. The summed E-state index contributed by atoms with van der Waals surface area (Å²) in [5.74, 6) is -2.13. The zero-order valence-electron chi connectivity index (χ0n) is 16.1. The number of aromatic amines is 1. The van der Waals surface area contributed by atoms with Crippen LogP contribution in [0.5, 0.6) is 0 Å². The van der Waals surface area contributed by atoms with Crippen molar-refractivity contribution in [2.24, 2.45) is 0 Å². The van der Waals surface area contributed by atoms with Gasteiger partial charge in [-0.1, -0.05) is 30.3 Å². The summed E-state index contributed by atoms with van der Waals surface area (Å²) >= 11 is 0. The van der Waals surface area contributed by atoms with E-state index in [1.54, 1.807) is 12.1 Å². The topological polar surface area (TPSA) is 155 Å². The molecule has 2 atom stereocenters. The van der Waals surface area contributed by atoms with Gasteiger partial charge in [-0.3, -0.25) is 19.5 Å². The van der Waals surface area contributed by atoms with Gasteiger partial charge in [0.2, 0.25) is 5.78 Å². The van der Waals surface area contributed by atoms with Crippen molar-refractivity contribution in [3.05, 3.63) is 48.0 Å². The molecule has 0 radical (unpaired) electrons. The van der Waals surface area contributed by atoms with Crippen LogP contribution in [0.15, 0.2) is 36.7 Å².